The van der Waals surface area contributed by atoms with Crippen LogP contribution in [0.2, 0.25) is 10.0 Å². The summed E-state index contributed by atoms with van der Waals surface area (Å²) in [5.41, 5.74) is 1.79. The first-order valence-corrected chi connectivity index (χ1v) is 10.4. The lowest BCUT2D eigenvalue weighted by atomic mass is 10.1. The third-order valence-corrected chi connectivity index (χ3v) is 5.86. The van der Waals surface area contributed by atoms with Gasteiger partial charge in [-0.3, -0.25) is 9.59 Å². The zero-order chi connectivity index (χ0) is 19.8. The monoisotopic (exact) mass is 424 g/mol. The van der Waals surface area contributed by atoms with Crippen molar-refractivity contribution in [2.45, 2.75) is 25.3 Å². The molecule has 4 nitrogen and oxygen atoms in total. The van der Waals surface area contributed by atoms with Gasteiger partial charge >= 0.3 is 0 Å². The SMILES string of the molecule is CNC(=O)[C@H](C)N(Cc1ccccc1Cl)C(=O)CSCc1ccccc1Cl. The van der Waals surface area contributed by atoms with Gasteiger partial charge in [0.1, 0.15) is 6.04 Å². The third kappa shape index (κ3) is 6.16. The molecule has 0 aliphatic heterocycles. The number of carbonyl (C=O) groups excluding carboxylic acids is 2. The number of hydrogen-bond donors (Lipinski definition) is 1. The second-order valence-electron chi connectivity index (χ2n) is 5.99. The highest BCUT2D eigenvalue weighted by atomic mass is 35.5. The van der Waals surface area contributed by atoms with Crippen LogP contribution in [0.4, 0.5) is 0 Å². The zero-order valence-electron chi connectivity index (χ0n) is 15.2. The summed E-state index contributed by atoms with van der Waals surface area (Å²) in [5.74, 6) is 0.533. The van der Waals surface area contributed by atoms with E-state index in [9.17, 15) is 9.59 Å². The average Bonchev–Trinajstić information content (AvgIpc) is 2.67. The highest BCUT2D eigenvalue weighted by Crippen LogP contribution is 2.23. The van der Waals surface area contributed by atoms with Crippen molar-refractivity contribution in [1.82, 2.24) is 10.2 Å². The minimum atomic E-state index is -0.598. The molecule has 0 bridgehead atoms. The van der Waals surface area contributed by atoms with Crippen molar-refractivity contribution < 1.29 is 9.59 Å². The first kappa shape index (κ1) is 21.6. The van der Waals surface area contributed by atoms with Gasteiger partial charge in [-0.15, -0.1) is 11.8 Å². The molecule has 2 aromatic rings. The molecule has 0 radical (unpaired) electrons. The van der Waals surface area contributed by atoms with Crippen LogP contribution in [0, 0.1) is 0 Å². The van der Waals surface area contributed by atoms with Crippen LogP contribution in [0.3, 0.4) is 0 Å². The van der Waals surface area contributed by atoms with Crippen LogP contribution in [-0.2, 0) is 21.9 Å². The lowest BCUT2D eigenvalue weighted by molar-refractivity contribution is -0.138. The highest BCUT2D eigenvalue weighted by Gasteiger charge is 2.25. The normalized spacial score (nSPS) is 11.7. The molecule has 2 rings (SSSR count). The summed E-state index contributed by atoms with van der Waals surface area (Å²) in [6.45, 7) is 1.99. The Balaban J connectivity index is 2.07. The number of halogens is 2. The lowest BCUT2D eigenvalue weighted by Crippen LogP contribution is -2.47. The Morgan fingerprint density at radius 3 is 2.15 bits per heavy atom. The van der Waals surface area contributed by atoms with Crippen molar-refractivity contribution in [3.05, 3.63) is 69.7 Å². The molecule has 0 aliphatic carbocycles. The van der Waals surface area contributed by atoms with Gasteiger partial charge < -0.3 is 10.2 Å². The Morgan fingerprint density at radius 2 is 1.59 bits per heavy atom. The molecule has 7 heteroatoms. The van der Waals surface area contributed by atoms with Crippen molar-refractivity contribution >= 4 is 46.8 Å². The summed E-state index contributed by atoms with van der Waals surface area (Å²) in [7, 11) is 1.56. The van der Waals surface area contributed by atoms with Crippen molar-refractivity contribution in [1.29, 1.82) is 0 Å². The maximum atomic E-state index is 12.8. The second kappa shape index (κ2) is 10.6. The number of nitrogens with one attached hydrogen (secondary N) is 1. The molecule has 0 fully saturated rings. The fourth-order valence-corrected chi connectivity index (χ4v) is 3.94. The Labute approximate surface area is 174 Å². The van der Waals surface area contributed by atoms with Gasteiger partial charge in [-0.1, -0.05) is 59.6 Å². The molecule has 0 heterocycles. The highest BCUT2D eigenvalue weighted by molar-refractivity contribution is 7.99. The Morgan fingerprint density at radius 1 is 1.04 bits per heavy atom. The predicted molar refractivity (Wildman–Crippen MR) is 113 cm³/mol. The largest absolute Gasteiger partial charge is 0.357 e. The zero-order valence-corrected chi connectivity index (χ0v) is 17.6. The van der Waals surface area contributed by atoms with Crippen LogP contribution in [0.15, 0.2) is 48.5 Å². The third-order valence-electron chi connectivity index (χ3n) is 4.15. The second-order valence-corrected chi connectivity index (χ2v) is 7.79. The number of amides is 2. The van der Waals surface area contributed by atoms with Crippen molar-refractivity contribution in [2.24, 2.45) is 0 Å². The van der Waals surface area contributed by atoms with Gasteiger partial charge in [-0.05, 0) is 30.2 Å². The topological polar surface area (TPSA) is 49.4 Å². The van der Waals surface area contributed by atoms with Crippen LogP contribution in [0.5, 0.6) is 0 Å². The van der Waals surface area contributed by atoms with Gasteiger partial charge in [0.25, 0.3) is 0 Å². The molecule has 0 unspecified atom stereocenters. The number of benzene rings is 2. The molecular formula is C20H22Cl2N2O2S. The summed E-state index contributed by atoms with van der Waals surface area (Å²) in [6.07, 6.45) is 0. The maximum absolute atomic E-state index is 12.8. The molecule has 0 aliphatic rings. The summed E-state index contributed by atoms with van der Waals surface area (Å²) < 4.78 is 0. The first-order valence-electron chi connectivity index (χ1n) is 8.49. The van der Waals surface area contributed by atoms with Gasteiger partial charge in [0.2, 0.25) is 11.8 Å². The molecule has 0 spiro atoms. The van der Waals surface area contributed by atoms with E-state index in [1.165, 1.54) is 11.8 Å². The number of likely N-dealkylation sites (N-methyl/N-ethyl adjacent to an activating group) is 1. The van der Waals surface area contributed by atoms with Crippen molar-refractivity contribution in [3.8, 4) is 0 Å². The Bertz CT molecular complexity index is 801. The van der Waals surface area contributed by atoms with Gasteiger partial charge in [0.15, 0.2) is 0 Å². The van der Waals surface area contributed by atoms with E-state index < -0.39 is 6.04 Å². The van der Waals surface area contributed by atoms with E-state index >= 15 is 0 Å². The molecular weight excluding hydrogens is 403 g/mol. The molecule has 1 N–H and O–H groups in total. The van der Waals surface area contributed by atoms with Crippen molar-refractivity contribution in [3.63, 3.8) is 0 Å². The number of thioether (sulfide) groups is 1. The van der Waals surface area contributed by atoms with E-state index in [0.29, 0.717) is 15.8 Å². The van der Waals surface area contributed by atoms with E-state index in [-0.39, 0.29) is 24.1 Å². The van der Waals surface area contributed by atoms with Crippen LogP contribution >= 0.6 is 35.0 Å². The smallest absolute Gasteiger partial charge is 0.242 e. The average molecular weight is 425 g/mol. The molecule has 144 valence electrons. The molecule has 0 saturated heterocycles. The summed E-state index contributed by atoms with van der Waals surface area (Å²) in [6, 6.07) is 14.3. The minimum absolute atomic E-state index is 0.122. The molecule has 1 atom stereocenters. The molecule has 2 amide bonds. The van der Waals surface area contributed by atoms with E-state index in [1.807, 2.05) is 42.5 Å². The van der Waals surface area contributed by atoms with Crippen LogP contribution in [0.25, 0.3) is 0 Å². The fourth-order valence-electron chi connectivity index (χ4n) is 2.55. The molecule has 0 aromatic heterocycles. The van der Waals surface area contributed by atoms with Crippen LogP contribution in [-0.4, -0.2) is 35.6 Å². The maximum Gasteiger partial charge on any atom is 0.242 e. The van der Waals surface area contributed by atoms with E-state index in [1.54, 1.807) is 24.9 Å². The predicted octanol–water partition coefficient (Wildman–Crippen LogP) is 4.39. The van der Waals surface area contributed by atoms with Gasteiger partial charge in [0, 0.05) is 29.4 Å². The summed E-state index contributed by atoms with van der Waals surface area (Å²) in [4.78, 5) is 26.5. The first-order chi connectivity index (χ1) is 12.9. The van der Waals surface area contributed by atoms with Crippen molar-refractivity contribution in [2.75, 3.05) is 12.8 Å². The minimum Gasteiger partial charge on any atom is -0.357 e. The standard InChI is InChI=1S/C20H22Cl2N2O2S/c1-14(20(26)23-2)24(11-15-7-3-5-9-17(15)21)19(25)13-27-12-16-8-4-6-10-18(16)22/h3-10,14H,11-13H2,1-2H3,(H,23,26)/t14-/m0/s1. The van der Waals surface area contributed by atoms with E-state index in [2.05, 4.69) is 5.32 Å². The number of nitrogens with zero attached hydrogens (tertiary/aromatic N) is 1. The molecule has 27 heavy (non-hydrogen) atoms. The number of rotatable bonds is 8. The van der Waals surface area contributed by atoms with Crippen LogP contribution < -0.4 is 5.32 Å². The molecule has 0 saturated carbocycles. The Kier molecular flexibility index (Phi) is 8.48. The summed E-state index contributed by atoms with van der Waals surface area (Å²) >= 11 is 13.9. The van der Waals surface area contributed by atoms with Gasteiger partial charge in [-0.25, -0.2) is 0 Å². The van der Waals surface area contributed by atoms with E-state index in [4.69, 9.17) is 23.2 Å². The van der Waals surface area contributed by atoms with Gasteiger partial charge in [-0.2, -0.15) is 0 Å². The Hall–Kier alpha value is -1.69. The quantitative estimate of drug-likeness (QED) is 0.683. The fraction of sp³-hybridized carbons (Fsp3) is 0.300. The lowest BCUT2D eigenvalue weighted by Gasteiger charge is -2.28. The van der Waals surface area contributed by atoms with Crippen LogP contribution in [0.1, 0.15) is 18.1 Å². The molecule has 2 aromatic carbocycles. The summed E-state index contributed by atoms with van der Waals surface area (Å²) in [5, 5.41) is 3.86. The van der Waals surface area contributed by atoms with E-state index in [0.717, 1.165) is 11.1 Å². The van der Waals surface area contributed by atoms with Gasteiger partial charge in [0.05, 0.1) is 5.75 Å². The number of carbonyl (C=O) groups is 2. The number of hydrogen-bond acceptors (Lipinski definition) is 3.